The molecule has 58 valence electrons. The van der Waals surface area contributed by atoms with Crippen molar-refractivity contribution in [1.82, 2.24) is 4.90 Å². The molecule has 10 heavy (non-hydrogen) atoms. The Balaban J connectivity index is 2.26. The molecule has 0 N–H and O–H groups in total. The third kappa shape index (κ3) is 1.84. The smallest absolute Gasteiger partial charge is 0.0165 e. The number of likely N-dealkylation sites (tertiary alicyclic amines) is 1. The van der Waals surface area contributed by atoms with Gasteiger partial charge in [-0.15, -0.1) is 0 Å². The highest BCUT2D eigenvalue weighted by Crippen LogP contribution is 2.15. The van der Waals surface area contributed by atoms with Crippen molar-refractivity contribution in [3.05, 3.63) is 12.2 Å². The van der Waals surface area contributed by atoms with E-state index < -0.39 is 0 Å². The quantitative estimate of drug-likeness (QED) is 0.529. The molecule has 0 bridgehead atoms. The Hall–Kier alpha value is -0.300. The van der Waals surface area contributed by atoms with E-state index in [1.807, 2.05) is 0 Å². The molecule has 0 radical (unpaired) electrons. The molecule has 1 rings (SSSR count). The maximum atomic E-state index is 2.53. The molecule has 1 aliphatic rings. The fourth-order valence-corrected chi connectivity index (χ4v) is 1.50. The van der Waals surface area contributed by atoms with Crippen molar-refractivity contribution in [2.45, 2.75) is 32.7 Å². The molecule has 1 unspecified atom stereocenters. The van der Waals surface area contributed by atoms with Crippen molar-refractivity contribution < 1.29 is 0 Å². The van der Waals surface area contributed by atoms with E-state index in [-0.39, 0.29) is 0 Å². The summed E-state index contributed by atoms with van der Waals surface area (Å²) in [6, 6.07) is 0.816. The van der Waals surface area contributed by atoms with E-state index >= 15 is 0 Å². The SMILES string of the molecule is C/C=C/CN1CCCC1C. The first-order chi connectivity index (χ1) is 4.84. The lowest BCUT2D eigenvalue weighted by molar-refractivity contribution is 0.298. The Bertz CT molecular complexity index is 118. The van der Waals surface area contributed by atoms with Gasteiger partial charge in [0.1, 0.15) is 0 Å². The van der Waals surface area contributed by atoms with Crippen LogP contribution in [-0.4, -0.2) is 24.0 Å². The number of hydrogen-bond donors (Lipinski definition) is 0. The molecule has 1 nitrogen and oxygen atoms in total. The van der Waals surface area contributed by atoms with E-state index in [0.717, 1.165) is 12.6 Å². The average molecular weight is 139 g/mol. The Kier molecular flexibility index (Phi) is 2.94. The monoisotopic (exact) mass is 139 g/mol. The Labute approximate surface area is 63.7 Å². The van der Waals surface area contributed by atoms with E-state index in [2.05, 4.69) is 30.9 Å². The maximum Gasteiger partial charge on any atom is 0.0165 e. The third-order valence-corrected chi connectivity index (χ3v) is 2.27. The van der Waals surface area contributed by atoms with E-state index in [9.17, 15) is 0 Å². The molecular formula is C9H17N. The van der Waals surface area contributed by atoms with Crippen molar-refractivity contribution >= 4 is 0 Å². The van der Waals surface area contributed by atoms with Gasteiger partial charge in [0, 0.05) is 12.6 Å². The standard InChI is InChI=1S/C9H17N/c1-3-4-7-10-8-5-6-9(10)2/h3-4,9H,5-8H2,1-2H3/b4-3+. The second-order valence-electron chi connectivity index (χ2n) is 3.06. The molecule has 0 amide bonds. The summed E-state index contributed by atoms with van der Waals surface area (Å²) in [5.41, 5.74) is 0. The summed E-state index contributed by atoms with van der Waals surface area (Å²) >= 11 is 0. The van der Waals surface area contributed by atoms with Crippen LogP contribution in [0.4, 0.5) is 0 Å². The molecule has 0 aromatic heterocycles. The van der Waals surface area contributed by atoms with Crippen LogP contribution in [0.15, 0.2) is 12.2 Å². The highest BCUT2D eigenvalue weighted by molar-refractivity contribution is 4.85. The first-order valence-corrected chi connectivity index (χ1v) is 4.20. The molecule has 0 aromatic rings. The van der Waals surface area contributed by atoms with Crippen LogP contribution in [0, 0.1) is 0 Å². The maximum absolute atomic E-state index is 2.53. The number of nitrogens with zero attached hydrogens (tertiary/aromatic N) is 1. The topological polar surface area (TPSA) is 3.24 Å². The fourth-order valence-electron chi connectivity index (χ4n) is 1.50. The zero-order chi connectivity index (χ0) is 7.40. The van der Waals surface area contributed by atoms with Crippen molar-refractivity contribution in [2.75, 3.05) is 13.1 Å². The van der Waals surface area contributed by atoms with Gasteiger partial charge in [0.2, 0.25) is 0 Å². The summed E-state index contributed by atoms with van der Waals surface area (Å²) in [6.07, 6.45) is 7.14. The van der Waals surface area contributed by atoms with Crippen LogP contribution in [0.3, 0.4) is 0 Å². The predicted octanol–water partition coefficient (Wildman–Crippen LogP) is 2.05. The average Bonchev–Trinajstić information content (AvgIpc) is 2.31. The van der Waals surface area contributed by atoms with Gasteiger partial charge in [-0.05, 0) is 33.2 Å². The molecule has 1 fully saturated rings. The molecule has 1 atom stereocenters. The summed E-state index contributed by atoms with van der Waals surface area (Å²) in [7, 11) is 0. The number of allylic oxidation sites excluding steroid dienone is 1. The highest BCUT2D eigenvalue weighted by atomic mass is 15.2. The lowest BCUT2D eigenvalue weighted by Gasteiger charge is -2.18. The van der Waals surface area contributed by atoms with Crippen molar-refractivity contribution in [2.24, 2.45) is 0 Å². The van der Waals surface area contributed by atoms with Gasteiger partial charge in [-0.1, -0.05) is 12.2 Å². The van der Waals surface area contributed by atoms with Gasteiger partial charge in [0.25, 0.3) is 0 Å². The molecule has 1 heterocycles. The Morgan fingerprint density at radius 3 is 2.90 bits per heavy atom. The Morgan fingerprint density at radius 1 is 1.60 bits per heavy atom. The summed E-state index contributed by atoms with van der Waals surface area (Å²) in [5.74, 6) is 0. The molecule has 0 aliphatic carbocycles. The van der Waals surface area contributed by atoms with Crippen LogP contribution in [0.2, 0.25) is 0 Å². The second kappa shape index (κ2) is 3.77. The van der Waals surface area contributed by atoms with Crippen molar-refractivity contribution in [3.63, 3.8) is 0 Å². The number of rotatable bonds is 2. The van der Waals surface area contributed by atoms with Crippen LogP contribution in [-0.2, 0) is 0 Å². The van der Waals surface area contributed by atoms with Gasteiger partial charge in [0.05, 0.1) is 0 Å². The fraction of sp³-hybridized carbons (Fsp3) is 0.778. The number of hydrogen-bond acceptors (Lipinski definition) is 1. The summed E-state index contributed by atoms with van der Waals surface area (Å²) in [5, 5.41) is 0. The van der Waals surface area contributed by atoms with Crippen LogP contribution in [0.5, 0.6) is 0 Å². The van der Waals surface area contributed by atoms with Gasteiger partial charge in [-0.2, -0.15) is 0 Å². The van der Waals surface area contributed by atoms with Crippen LogP contribution >= 0.6 is 0 Å². The molecule has 0 spiro atoms. The minimum atomic E-state index is 0.816. The third-order valence-electron chi connectivity index (χ3n) is 2.27. The molecule has 1 saturated heterocycles. The van der Waals surface area contributed by atoms with Gasteiger partial charge >= 0.3 is 0 Å². The van der Waals surface area contributed by atoms with E-state index in [4.69, 9.17) is 0 Å². The van der Waals surface area contributed by atoms with Crippen molar-refractivity contribution in [1.29, 1.82) is 0 Å². The van der Waals surface area contributed by atoms with Gasteiger partial charge in [-0.3, -0.25) is 4.90 Å². The first-order valence-electron chi connectivity index (χ1n) is 4.20. The van der Waals surface area contributed by atoms with Gasteiger partial charge in [0.15, 0.2) is 0 Å². The highest BCUT2D eigenvalue weighted by Gasteiger charge is 2.17. The predicted molar refractivity (Wildman–Crippen MR) is 45.1 cm³/mol. The van der Waals surface area contributed by atoms with Gasteiger partial charge in [-0.25, -0.2) is 0 Å². The lowest BCUT2D eigenvalue weighted by atomic mass is 10.2. The molecule has 0 saturated carbocycles. The summed E-state index contributed by atoms with van der Waals surface area (Å²) in [4.78, 5) is 2.53. The normalized spacial score (nSPS) is 28.4. The zero-order valence-electron chi connectivity index (χ0n) is 7.01. The molecule has 0 aromatic carbocycles. The minimum absolute atomic E-state index is 0.816. The lowest BCUT2D eigenvalue weighted by Crippen LogP contribution is -2.26. The summed E-state index contributed by atoms with van der Waals surface area (Å²) in [6.45, 7) is 6.85. The zero-order valence-corrected chi connectivity index (χ0v) is 7.01. The molecule has 1 heteroatoms. The summed E-state index contributed by atoms with van der Waals surface area (Å²) < 4.78 is 0. The van der Waals surface area contributed by atoms with Gasteiger partial charge < -0.3 is 0 Å². The van der Waals surface area contributed by atoms with Crippen LogP contribution < -0.4 is 0 Å². The Morgan fingerprint density at radius 2 is 2.40 bits per heavy atom. The van der Waals surface area contributed by atoms with Crippen LogP contribution in [0.25, 0.3) is 0 Å². The first kappa shape index (κ1) is 7.80. The van der Waals surface area contributed by atoms with E-state index in [1.165, 1.54) is 19.4 Å². The van der Waals surface area contributed by atoms with E-state index in [1.54, 1.807) is 0 Å². The van der Waals surface area contributed by atoms with Crippen LogP contribution in [0.1, 0.15) is 26.7 Å². The molecule has 1 aliphatic heterocycles. The largest absolute Gasteiger partial charge is 0.297 e. The minimum Gasteiger partial charge on any atom is -0.297 e. The van der Waals surface area contributed by atoms with Crippen molar-refractivity contribution in [3.8, 4) is 0 Å². The second-order valence-corrected chi connectivity index (χ2v) is 3.06. The molecular weight excluding hydrogens is 122 g/mol. The van der Waals surface area contributed by atoms with E-state index in [0.29, 0.717) is 0 Å².